The van der Waals surface area contributed by atoms with Crippen LogP contribution in [0.1, 0.15) is 12.8 Å². The monoisotopic (exact) mass is 358 g/mol. The number of nitrogens with zero attached hydrogens (tertiary/aromatic N) is 3. The first-order valence-electron chi connectivity index (χ1n) is 7.87. The molecule has 3 rings (SSSR count). The van der Waals surface area contributed by atoms with Crippen LogP contribution >= 0.6 is 0 Å². The Kier molecular flexibility index (Phi) is 4.19. The van der Waals surface area contributed by atoms with E-state index >= 15 is 0 Å². The zero-order valence-electron chi connectivity index (χ0n) is 13.7. The van der Waals surface area contributed by atoms with Crippen LogP contribution in [-0.2, 0) is 24.1 Å². The number of piperidine rings is 2. The van der Waals surface area contributed by atoms with Crippen molar-refractivity contribution in [1.29, 1.82) is 0 Å². The molecule has 1 aromatic rings. The minimum atomic E-state index is -4.03. The predicted octanol–water partition coefficient (Wildman–Crippen LogP) is -2.18. The van der Waals surface area contributed by atoms with Crippen LogP contribution in [-0.4, -0.2) is 58.7 Å². The molecule has 0 bridgehead atoms. The van der Waals surface area contributed by atoms with Crippen LogP contribution in [0.2, 0.25) is 0 Å². The van der Waals surface area contributed by atoms with Gasteiger partial charge in [-0.1, -0.05) is 0 Å². The molecule has 0 aromatic carbocycles. The van der Waals surface area contributed by atoms with Gasteiger partial charge in [0.25, 0.3) is 5.56 Å². The lowest BCUT2D eigenvalue weighted by Gasteiger charge is -2.46. The molecule has 134 valence electrons. The van der Waals surface area contributed by atoms with Crippen LogP contribution < -0.4 is 16.6 Å². The van der Waals surface area contributed by atoms with Crippen LogP contribution in [0.5, 0.6) is 0 Å². The molecule has 0 aliphatic carbocycles. The summed E-state index contributed by atoms with van der Waals surface area (Å²) < 4.78 is 28.9. The SMILES string of the molecule is Cn1cc(S(=O)(=O)N2CC[C@@]3(O)CCNC[C@H]3C2)c(=O)n(C)c1=O. The van der Waals surface area contributed by atoms with Gasteiger partial charge in [-0.15, -0.1) is 0 Å². The number of aryl methyl sites for hydroxylation is 1. The number of aliphatic hydroxyl groups is 1. The van der Waals surface area contributed by atoms with E-state index in [2.05, 4.69) is 5.32 Å². The van der Waals surface area contributed by atoms with Gasteiger partial charge < -0.3 is 15.0 Å². The lowest BCUT2D eigenvalue weighted by atomic mass is 9.77. The highest BCUT2D eigenvalue weighted by Crippen LogP contribution is 2.34. The van der Waals surface area contributed by atoms with E-state index in [1.54, 1.807) is 0 Å². The van der Waals surface area contributed by atoms with E-state index in [1.807, 2.05) is 0 Å². The lowest BCUT2D eigenvalue weighted by molar-refractivity contribution is -0.0744. The van der Waals surface area contributed by atoms with Gasteiger partial charge in [0.15, 0.2) is 4.90 Å². The maximum Gasteiger partial charge on any atom is 0.330 e. The Balaban J connectivity index is 1.98. The quantitative estimate of drug-likeness (QED) is 0.621. The van der Waals surface area contributed by atoms with Crippen LogP contribution in [0.3, 0.4) is 0 Å². The highest BCUT2D eigenvalue weighted by molar-refractivity contribution is 7.89. The van der Waals surface area contributed by atoms with Crippen molar-refractivity contribution in [3.8, 4) is 0 Å². The second-order valence-electron chi connectivity index (χ2n) is 6.62. The van der Waals surface area contributed by atoms with Crippen molar-refractivity contribution in [2.75, 3.05) is 26.2 Å². The topological polar surface area (TPSA) is 114 Å². The van der Waals surface area contributed by atoms with Crippen molar-refractivity contribution in [3.05, 3.63) is 27.0 Å². The molecule has 0 saturated carbocycles. The largest absolute Gasteiger partial charge is 0.389 e. The maximum atomic E-state index is 12.9. The standard InChI is InChI=1S/C14H22N4O5S/c1-16-9-11(12(19)17(2)13(16)20)24(22,23)18-6-4-14(21)3-5-15-7-10(14)8-18/h9-10,15,21H,3-8H2,1-2H3/t10-,14-/m0/s1. The Hall–Kier alpha value is -1.49. The first kappa shape index (κ1) is 17.3. The van der Waals surface area contributed by atoms with Gasteiger partial charge in [-0.3, -0.25) is 9.36 Å². The highest BCUT2D eigenvalue weighted by Gasteiger charge is 2.46. The zero-order chi connectivity index (χ0) is 17.7. The van der Waals surface area contributed by atoms with E-state index in [1.165, 1.54) is 18.4 Å². The maximum absolute atomic E-state index is 12.9. The Labute approximate surface area is 139 Å². The van der Waals surface area contributed by atoms with Gasteiger partial charge in [-0.25, -0.2) is 13.2 Å². The summed E-state index contributed by atoms with van der Waals surface area (Å²) in [6.45, 7) is 1.55. The summed E-state index contributed by atoms with van der Waals surface area (Å²) in [5.74, 6) is -0.217. The molecule has 2 atom stereocenters. The predicted molar refractivity (Wildman–Crippen MR) is 86.2 cm³/mol. The fourth-order valence-corrected chi connectivity index (χ4v) is 5.14. The molecule has 0 unspecified atom stereocenters. The van der Waals surface area contributed by atoms with Crippen molar-refractivity contribution >= 4 is 10.0 Å². The van der Waals surface area contributed by atoms with Gasteiger partial charge in [0.1, 0.15) is 0 Å². The average molecular weight is 358 g/mol. The van der Waals surface area contributed by atoms with Crippen molar-refractivity contribution in [2.45, 2.75) is 23.3 Å². The number of aromatic nitrogens is 2. The van der Waals surface area contributed by atoms with E-state index in [9.17, 15) is 23.1 Å². The lowest BCUT2D eigenvalue weighted by Crippen LogP contribution is -2.60. The van der Waals surface area contributed by atoms with Crippen LogP contribution in [0.4, 0.5) is 0 Å². The van der Waals surface area contributed by atoms with E-state index in [4.69, 9.17) is 0 Å². The summed E-state index contributed by atoms with van der Waals surface area (Å²) in [4.78, 5) is 23.6. The molecule has 1 aromatic heterocycles. The molecular formula is C14H22N4O5S. The molecule has 24 heavy (non-hydrogen) atoms. The number of hydrogen-bond acceptors (Lipinski definition) is 6. The van der Waals surface area contributed by atoms with Gasteiger partial charge in [-0.2, -0.15) is 4.31 Å². The van der Waals surface area contributed by atoms with Crippen molar-refractivity contribution < 1.29 is 13.5 Å². The van der Waals surface area contributed by atoms with Gasteiger partial charge in [0.2, 0.25) is 10.0 Å². The number of nitrogens with one attached hydrogen (secondary N) is 1. The Bertz CT molecular complexity index is 874. The summed E-state index contributed by atoms with van der Waals surface area (Å²) >= 11 is 0. The molecule has 0 amide bonds. The van der Waals surface area contributed by atoms with Crippen LogP contribution in [0, 0.1) is 5.92 Å². The summed E-state index contributed by atoms with van der Waals surface area (Å²) in [6.07, 6.45) is 2.00. The second kappa shape index (κ2) is 5.80. The molecule has 2 fully saturated rings. The fourth-order valence-electron chi connectivity index (χ4n) is 3.50. The Morgan fingerprint density at radius 2 is 2.00 bits per heavy atom. The van der Waals surface area contributed by atoms with E-state index < -0.39 is 31.8 Å². The Morgan fingerprint density at radius 3 is 2.71 bits per heavy atom. The van der Waals surface area contributed by atoms with Crippen molar-refractivity contribution in [3.63, 3.8) is 0 Å². The first-order chi connectivity index (χ1) is 11.2. The molecule has 0 spiro atoms. The molecule has 2 saturated heterocycles. The van der Waals surface area contributed by atoms with Gasteiger partial charge in [0.05, 0.1) is 5.60 Å². The number of sulfonamides is 1. The molecule has 0 radical (unpaired) electrons. The number of fused-ring (bicyclic) bond motifs is 1. The van der Waals surface area contributed by atoms with Gasteiger partial charge in [0, 0.05) is 45.8 Å². The molecule has 2 aliphatic heterocycles. The van der Waals surface area contributed by atoms with Gasteiger partial charge in [-0.05, 0) is 19.4 Å². The summed E-state index contributed by atoms with van der Waals surface area (Å²) in [5.41, 5.74) is -2.27. The third-order valence-electron chi connectivity index (χ3n) is 5.14. The van der Waals surface area contributed by atoms with E-state index in [0.29, 0.717) is 25.9 Å². The summed E-state index contributed by atoms with van der Waals surface area (Å²) in [6, 6.07) is 0. The van der Waals surface area contributed by atoms with Crippen LogP contribution in [0.15, 0.2) is 20.7 Å². The first-order valence-corrected chi connectivity index (χ1v) is 9.31. The molecule has 10 heteroatoms. The summed E-state index contributed by atoms with van der Waals surface area (Å²) in [7, 11) is -1.37. The van der Waals surface area contributed by atoms with Crippen LogP contribution in [0.25, 0.3) is 0 Å². The number of hydrogen-bond donors (Lipinski definition) is 2. The molecule has 3 heterocycles. The third-order valence-corrected chi connectivity index (χ3v) is 6.98. The van der Waals surface area contributed by atoms with E-state index in [-0.39, 0.29) is 19.0 Å². The summed E-state index contributed by atoms with van der Waals surface area (Å²) in [5, 5.41) is 13.8. The minimum Gasteiger partial charge on any atom is -0.389 e. The van der Waals surface area contributed by atoms with Gasteiger partial charge >= 0.3 is 5.69 Å². The zero-order valence-corrected chi connectivity index (χ0v) is 14.5. The normalized spacial score (nSPS) is 28.5. The fraction of sp³-hybridized carbons (Fsp3) is 0.714. The molecule has 2 N–H and O–H groups in total. The van der Waals surface area contributed by atoms with Crippen molar-refractivity contribution in [1.82, 2.24) is 18.8 Å². The Morgan fingerprint density at radius 1 is 1.29 bits per heavy atom. The molecular weight excluding hydrogens is 336 g/mol. The minimum absolute atomic E-state index is 0.151. The average Bonchev–Trinajstić information content (AvgIpc) is 2.55. The highest BCUT2D eigenvalue weighted by atomic mass is 32.2. The number of rotatable bonds is 2. The van der Waals surface area contributed by atoms with Crippen molar-refractivity contribution in [2.24, 2.45) is 20.0 Å². The third kappa shape index (κ3) is 2.63. The molecule has 9 nitrogen and oxygen atoms in total. The van der Waals surface area contributed by atoms with E-state index in [0.717, 1.165) is 15.3 Å². The second-order valence-corrected chi connectivity index (χ2v) is 8.53. The smallest absolute Gasteiger partial charge is 0.330 e. The molecule has 2 aliphatic rings.